The first kappa shape index (κ1) is 19.0. The van der Waals surface area contributed by atoms with Crippen LogP contribution < -0.4 is 4.74 Å². The minimum Gasteiger partial charge on any atom is -0.497 e. The average molecular weight is 405 g/mol. The molecule has 0 spiro atoms. The zero-order valence-corrected chi connectivity index (χ0v) is 16.8. The lowest BCUT2D eigenvalue weighted by Crippen LogP contribution is -2.05. The van der Waals surface area contributed by atoms with Crippen LogP contribution in [0.5, 0.6) is 5.75 Å². The maximum Gasteiger partial charge on any atom is 0.205 e. The maximum absolute atomic E-state index is 12.7. The van der Waals surface area contributed by atoms with Crippen LogP contribution in [0.15, 0.2) is 76.5 Å². The Bertz CT molecular complexity index is 1120. The van der Waals surface area contributed by atoms with E-state index in [9.17, 15) is 4.79 Å². The highest BCUT2D eigenvalue weighted by molar-refractivity contribution is 7.99. The Balaban J connectivity index is 1.63. The lowest BCUT2D eigenvalue weighted by atomic mass is 10.1. The second-order valence-electron chi connectivity index (χ2n) is 6.40. The van der Waals surface area contributed by atoms with Gasteiger partial charge in [-0.25, -0.2) is 0 Å². The molecule has 2 aromatic carbocycles. The topological polar surface area (TPSA) is 70.2 Å². The fourth-order valence-corrected chi connectivity index (χ4v) is 3.71. The summed E-state index contributed by atoms with van der Waals surface area (Å²) in [5.74, 6) is 2.09. The number of carbonyl (C=O) groups excluding carboxylic acids is 1. The first-order valence-electron chi connectivity index (χ1n) is 9.02. The normalized spacial score (nSPS) is 10.8. The van der Waals surface area contributed by atoms with Gasteiger partial charge in [-0.15, -0.1) is 10.2 Å². The van der Waals surface area contributed by atoms with Crippen molar-refractivity contribution in [3.8, 4) is 23.0 Å². The minimum atomic E-state index is -0.00750. The smallest absolute Gasteiger partial charge is 0.205 e. The largest absolute Gasteiger partial charge is 0.497 e. The van der Waals surface area contributed by atoms with Gasteiger partial charge in [0.25, 0.3) is 0 Å². The Labute approximate surface area is 172 Å². The molecule has 0 amide bonds. The van der Waals surface area contributed by atoms with Crippen molar-refractivity contribution in [1.82, 2.24) is 14.8 Å². The predicted octanol–water partition coefficient (Wildman–Crippen LogP) is 4.82. The van der Waals surface area contributed by atoms with Crippen LogP contribution in [-0.2, 0) is 0 Å². The van der Waals surface area contributed by atoms with Gasteiger partial charge < -0.3 is 9.15 Å². The third-order valence-corrected chi connectivity index (χ3v) is 5.32. The number of hydrogen-bond donors (Lipinski definition) is 0. The Morgan fingerprint density at radius 3 is 2.66 bits per heavy atom. The monoisotopic (exact) mass is 405 g/mol. The first-order chi connectivity index (χ1) is 14.2. The Kier molecular flexibility index (Phi) is 5.48. The van der Waals surface area contributed by atoms with Crippen LogP contribution in [0.1, 0.15) is 15.9 Å². The summed E-state index contributed by atoms with van der Waals surface area (Å²) in [6, 6.07) is 18.8. The molecule has 0 aliphatic heterocycles. The van der Waals surface area contributed by atoms with Crippen molar-refractivity contribution in [1.29, 1.82) is 0 Å². The summed E-state index contributed by atoms with van der Waals surface area (Å²) in [5, 5.41) is 9.23. The van der Waals surface area contributed by atoms with E-state index in [-0.39, 0.29) is 11.5 Å². The third kappa shape index (κ3) is 4.09. The molecule has 0 radical (unpaired) electrons. The molecule has 4 aromatic rings. The van der Waals surface area contributed by atoms with Crippen molar-refractivity contribution >= 4 is 17.5 Å². The molecule has 0 saturated carbocycles. The van der Waals surface area contributed by atoms with Crippen LogP contribution in [0.2, 0.25) is 0 Å². The van der Waals surface area contributed by atoms with E-state index < -0.39 is 0 Å². The van der Waals surface area contributed by atoms with Crippen LogP contribution in [0.3, 0.4) is 0 Å². The summed E-state index contributed by atoms with van der Waals surface area (Å²) >= 11 is 1.34. The molecular formula is C22H19N3O3S. The summed E-state index contributed by atoms with van der Waals surface area (Å²) < 4.78 is 12.6. The lowest BCUT2D eigenvalue weighted by molar-refractivity contribution is 0.102. The van der Waals surface area contributed by atoms with Gasteiger partial charge in [-0.3, -0.25) is 9.36 Å². The maximum atomic E-state index is 12.7. The molecule has 7 heteroatoms. The van der Waals surface area contributed by atoms with Gasteiger partial charge in [-0.2, -0.15) is 0 Å². The number of ether oxygens (including phenoxy) is 1. The summed E-state index contributed by atoms with van der Waals surface area (Å²) in [7, 11) is 1.58. The minimum absolute atomic E-state index is 0.00750. The number of benzene rings is 2. The Hall–Kier alpha value is -3.32. The number of aromatic nitrogens is 3. The molecule has 146 valence electrons. The number of methoxy groups -OCH3 is 1. The van der Waals surface area contributed by atoms with Gasteiger partial charge in [0, 0.05) is 11.3 Å². The van der Waals surface area contributed by atoms with E-state index in [4.69, 9.17) is 9.15 Å². The predicted molar refractivity (Wildman–Crippen MR) is 112 cm³/mol. The van der Waals surface area contributed by atoms with Crippen LogP contribution in [0.4, 0.5) is 0 Å². The fraction of sp³-hybridized carbons (Fsp3) is 0.136. The van der Waals surface area contributed by atoms with E-state index in [1.54, 1.807) is 31.6 Å². The molecular weight excluding hydrogens is 386 g/mol. The Morgan fingerprint density at radius 1 is 1.10 bits per heavy atom. The number of thioether (sulfide) groups is 1. The van der Waals surface area contributed by atoms with E-state index in [0.29, 0.717) is 28.1 Å². The van der Waals surface area contributed by atoms with Gasteiger partial charge >= 0.3 is 0 Å². The van der Waals surface area contributed by atoms with E-state index in [0.717, 1.165) is 11.3 Å². The summed E-state index contributed by atoms with van der Waals surface area (Å²) in [5.41, 5.74) is 2.66. The first-order valence-corrected chi connectivity index (χ1v) is 10.0. The number of furan rings is 1. The van der Waals surface area contributed by atoms with Crippen molar-refractivity contribution in [2.75, 3.05) is 12.9 Å². The number of aryl methyl sites for hydroxylation is 1. The number of ketones is 1. The van der Waals surface area contributed by atoms with Crippen molar-refractivity contribution < 1.29 is 13.9 Å². The quantitative estimate of drug-likeness (QED) is 0.324. The second kappa shape index (κ2) is 8.36. The molecule has 0 N–H and O–H groups in total. The van der Waals surface area contributed by atoms with E-state index in [1.165, 1.54) is 11.8 Å². The molecule has 6 nitrogen and oxygen atoms in total. The van der Waals surface area contributed by atoms with Gasteiger partial charge in [0.05, 0.1) is 19.1 Å². The second-order valence-corrected chi connectivity index (χ2v) is 7.34. The zero-order valence-electron chi connectivity index (χ0n) is 16.0. The molecule has 29 heavy (non-hydrogen) atoms. The summed E-state index contributed by atoms with van der Waals surface area (Å²) in [4.78, 5) is 12.7. The molecule has 0 aliphatic rings. The highest BCUT2D eigenvalue weighted by Crippen LogP contribution is 2.29. The molecule has 2 heterocycles. The van der Waals surface area contributed by atoms with E-state index in [2.05, 4.69) is 10.2 Å². The summed E-state index contributed by atoms with van der Waals surface area (Å²) in [6.45, 7) is 2.03. The SMILES string of the molecule is COc1cccc(C(=O)CSc2nnc(-c3ccco3)n2-c2ccc(C)cc2)c1. The van der Waals surface area contributed by atoms with Crippen LogP contribution >= 0.6 is 11.8 Å². The van der Waals surface area contributed by atoms with Crippen molar-refractivity contribution in [3.05, 3.63) is 78.1 Å². The van der Waals surface area contributed by atoms with E-state index in [1.807, 2.05) is 54.0 Å². The molecule has 0 saturated heterocycles. The average Bonchev–Trinajstić information content (AvgIpc) is 3.42. The number of Topliss-reactive ketones (excluding diaryl/α,β-unsaturated/α-hetero) is 1. The number of carbonyl (C=O) groups is 1. The van der Waals surface area contributed by atoms with E-state index >= 15 is 0 Å². The summed E-state index contributed by atoms with van der Waals surface area (Å²) in [6.07, 6.45) is 1.60. The van der Waals surface area contributed by atoms with Crippen LogP contribution in [0.25, 0.3) is 17.3 Å². The number of nitrogens with zero attached hydrogens (tertiary/aromatic N) is 3. The lowest BCUT2D eigenvalue weighted by Gasteiger charge is -2.09. The highest BCUT2D eigenvalue weighted by Gasteiger charge is 2.19. The van der Waals surface area contributed by atoms with Crippen molar-refractivity contribution in [2.24, 2.45) is 0 Å². The zero-order chi connectivity index (χ0) is 20.2. The molecule has 0 aliphatic carbocycles. The van der Waals surface area contributed by atoms with Gasteiger partial charge in [0.1, 0.15) is 5.75 Å². The van der Waals surface area contributed by atoms with Crippen LogP contribution in [-0.4, -0.2) is 33.4 Å². The standard InChI is InChI=1S/C22H19N3O3S/c1-15-8-10-17(11-9-15)25-21(20-7-4-12-28-20)23-24-22(25)29-14-19(26)16-5-3-6-18(13-16)27-2/h3-13H,14H2,1-2H3. The molecule has 4 rings (SSSR count). The highest BCUT2D eigenvalue weighted by atomic mass is 32.2. The van der Waals surface area contributed by atoms with Crippen molar-refractivity contribution in [2.45, 2.75) is 12.1 Å². The molecule has 0 bridgehead atoms. The molecule has 0 fully saturated rings. The van der Waals surface area contributed by atoms with Gasteiger partial charge in [-0.05, 0) is 43.3 Å². The van der Waals surface area contributed by atoms with Crippen LogP contribution in [0, 0.1) is 6.92 Å². The number of rotatable bonds is 7. The van der Waals surface area contributed by atoms with Gasteiger partial charge in [-0.1, -0.05) is 41.6 Å². The molecule has 0 unspecified atom stereocenters. The third-order valence-electron chi connectivity index (χ3n) is 4.39. The van der Waals surface area contributed by atoms with Crippen molar-refractivity contribution in [3.63, 3.8) is 0 Å². The van der Waals surface area contributed by atoms with Gasteiger partial charge in [0.2, 0.25) is 5.82 Å². The fourth-order valence-electron chi connectivity index (χ4n) is 2.87. The number of hydrogen-bond acceptors (Lipinski definition) is 6. The van der Waals surface area contributed by atoms with Gasteiger partial charge in [0.15, 0.2) is 16.7 Å². The molecule has 2 aromatic heterocycles. The molecule has 0 atom stereocenters. The Morgan fingerprint density at radius 2 is 1.93 bits per heavy atom.